The summed E-state index contributed by atoms with van der Waals surface area (Å²) in [6.07, 6.45) is 1.24. The number of hydrogen-bond donors (Lipinski definition) is 0. The first kappa shape index (κ1) is 26.1. The molecule has 2 amide bonds. The van der Waals surface area contributed by atoms with E-state index >= 15 is 0 Å². The Hall–Kier alpha value is -1.52. The van der Waals surface area contributed by atoms with Gasteiger partial charge in [-0.3, -0.25) is 19.3 Å². The highest BCUT2D eigenvalue weighted by Crippen LogP contribution is 2.38. The van der Waals surface area contributed by atoms with Gasteiger partial charge >= 0.3 is 5.97 Å². The monoisotopic (exact) mass is 635 g/mol. The van der Waals surface area contributed by atoms with Crippen LogP contribution in [0, 0.1) is 0 Å². The molecule has 1 aliphatic heterocycles. The fourth-order valence-corrected chi connectivity index (χ4v) is 5.56. The van der Waals surface area contributed by atoms with E-state index in [1.807, 2.05) is 0 Å². The highest BCUT2D eigenvalue weighted by atomic mass is 79.9. The molecule has 0 atom stereocenters. The smallest absolute Gasteiger partial charge is 0.326 e. The number of benzene rings is 2. The highest BCUT2D eigenvalue weighted by molar-refractivity contribution is 9.11. The number of rotatable bonds is 7. The quantitative estimate of drug-likeness (QED) is 0.239. The largest absolute Gasteiger partial charge is 0.486 e. The molecule has 1 fully saturated rings. The summed E-state index contributed by atoms with van der Waals surface area (Å²) in [6, 6.07) is 8.67. The number of hydrogen-bond acceptors (Lipinski definition) is 6. The molecule has 0 aliphatic carbocycles. The molecule has 2 aromatic carbocycles. The Morgan fingerprint density at radius 3 is 2.42 bits per heavy atom. The zero-order valence-corrected chi connectivity index (χ0v) is 22.9. The first-order chi connectivity index (χ1) is 15.5. The SMILES string of the molecule is CC(C)OC(=O)CN1C(=O)S/C(=C\c2cc(Br)c(OCc3ccc(Cl)cc3Cl)c(Br)c2)C1=O. The number of esters is 1. The van der Waals surface area contributed by atoms with Crippen molar-refractivity contribution in [2.24, 2.45) is 0 Å². The third-order valence-corrected chi connectivity index (χ3v) is 6.91. The number of amides is 2. The van der Waals surface area contributed by atoms with Crippen LogP contribution in [0.1, 0.15) is 25.0 Å². The molecule has 0 N–H and O–H groups in total. The number of imide groups is 1. The Bertz CT molecular complexity index is 1130. The lowest BCUT2D eigenvalue weighted by Crippen LogP contribution is -2.35. The van der Waals surface area contributed by atoms with Crippen molar-refractivity contribution in [1.82, 2.24) is 4.90 Å². The molecule has 0 aromatic heterocycles. The van der Waals surface area contributed by atoms with Gasteiger partial charge in [-0.2, -0.15) is 0 Å². The maximum absolute atomic E-state index is 12.6. The Balaban J connectivity index is 1.74. The molecular formula is C22H17Br2Cl2NO5S. The maximum Gasteiger partial charge on any atom is 0.326 e. The fourth-order valence-electron chi connectivity index (χ4n) is 2.81. The van der Waals surface area contributed by atoms with Crippen LogP contribution in [0.5, 0.6) is 5.75 Å². The third-order valence-electron chi connectivity index (χ3n) is 4.23. The van der Waals surface area contributed by atoms with E-state index in [2.05, 4.69) is 31.9 Å². The van der Waals surface area contributed by atoms with Gasteiger partial charge in [-0.05, 0) is 93.4 Å². The van der Waals surface area contributed by atoms with E-state index < -0.39 is 23.7 Å². The fraction of sp³-hybridized carbons (Fsp3) is 0.227. The third kappa shape index (κ3) is 6.76. The molecule has 0 saturated carbocycles. The summed E-state index contributed by atoms with van der Waals surface area (Å²) in [4.78, 5) is 37.8. The van der Waals surface area contributed by atoms with Gasteiger partial charge in [-0.1, -0.05) is 29.3 Å². The van der Waals surface area contributed by atoms with Crippen LogP contribution < -0.4 is 4.74 Å². The molecular weight excluding hydrogens is 621 g/mol. The first-order valence-electron chi connectivity index (χ1n) is 9.55. The second-order valence-electron chi connectivity index (χ2n) is 7.14. The highest BCUT2D eigenvalue weighted by Gasteiger charge is 2.36. The number of ether oxygens (including phenoxy) is 2. The van der Waals surface area contributed by atoms with Crippen molar-refractivity contribution in [3.8, 4) is 5.75 Å². The lowest BCUT2D eigenvalue weighted by molar-refractivity contribution is -0.149. The van der Waals surface area contributed by atoms with E-state index in [1.54, 1.807) is 50.3 Å². The van der Waals surface area contributed by atoms with Crippen LogP contribution in [0.2, 0.25) is 10.0 Å². The van der Waals surface area contributed by atoms with Gasteiger partial charge < -0.3 is 9.47 Å². The van der Waals surface area contributed by atoms with Crippen molar-refractivity contribution in [1.29, 1.82) is 0 Å². The van der Waals surface area contributed by atoms with E-state index in [-0.39, 0.29) is 17.6 Å². The van der Waals surface area contributed by atoms with Crippen LogP contribution in [-0.2, 0) is 20.9 Å². The van der Waals surface area contributed by atoms with Crippen LogP contribution in [0.3, 0.4) is 0 Å². The van der Waals surface area contributed by atoms with Crippen molar-refractivity contribution in [2.45, 2.75) is 26.6 Å². The van der Waals surface area contributed by atoms with Crippen LogP contribution in [0.15, 0.2) is 44.2 Å². The maximum atomic E-state index is 12.6. The predicted octanol–water partition coefficient (Wildman–Crippen LogP) is 7.09. The number of carbonyl (C=O) groups excluding carboxylic acids is 3. The van der Waals surface area contributed by atoms with Gasteiger partial charge in [0.1, 0.15) is 18.9 Å². The van der Waals surface area contributed by atoms with Crippen molar-refractivity contribution in [2.75, 3.05) is 6.54 Å². The second-order valence-corrected chi connectivity index (χ2v) is 10.7. The average Bonchev–Trinajstić information content (AvgIpc) is 2.95. The molecule has 1 heterocycles. The molecule has 1 aliphatic rings. The summed E-state index contributed by atoms with van der Waals surface area (Å²) in [5.41, 5.74) is 1.43. The summed E-state index contributed by atoms with van der Waals surface area (Å²) in [6.45, 7) is 3.18. The van der Waals surface area contributed by atoms with Crippen LogP contribution in [0.25, 0.3) is 6.08 Å². The Morgan fingerprint density at radius 1 is 1.15 bits per heavy atom. The van der Waals surface area contributed by atoms with Crippen molar-refractivity contribution >= 4 is 90.0 Å². The molecule has 0 radical (unpaired) electrons. The molecule has 0 spiro atoms. The molecule has 11 heteroatoms. The minimum absolute atomic E-state index is 0.206. The van der Waals surface area contributed by atoms with Gasteiger partial charge in [0.15, 0.2) is 0 Å². The molecule has 174 valence electrons. The van der Waals surface area contributed by atoms with Gasteiger partial charge in [0.25, 0.3) is 11.1 Å². The van der Waals surface area contributed by atoms with Crippen LogP contribution >= 0.6 is 66.8 Å². The summed E-state index contributed by atoms with van der Waals surface area (Å²) in [5, 5.41) is 0.515. The average molecular weight is 638 g/mol. The van der Waals surface area contributed by atoms with Crippen molar-refractivity contribution < 1.29 is 23.9 Å². The molecule has 2 aromatic rings. The zero-order valence-electron chi connectivity index (χ0n) is 17.4. The van der Waals surface area contributed by atoms with Crippen molar-refractivity contribution in [3.63, 3.8) is 0 Å². The van der Waals surface area contributed by atoms with Crippen LogP contribution in [-0.4, -0.2) is 34.7 Å². The van der Waals surface area contributed by atoms with Gasteiger partial charge in [-0.15, -0.1) is 0 Å². The topological polar surface area (TPSA) is 72.9 Å². The molecule has 33 heavy (non-hydrogen) atoms. The lowest BCUT2D eigenvalue weighted by atomic mass is 10.2. The molecule has 1 saturated heterocycles. The van der Waals surface area contributed by atoms with Gasteiger partial charge in [0.2, 0.25) is 0 Å². The Morgan fingerprint density at radius 2 is 1.82 bits per heavy atom. The number of thioether (sulfide) groups is 1. The first-order valence-corrected chi connectivity index (χ1v) is 12.7. The minimum Gasteiger partial charge on any atom is -0.486 e. The molecule has 0 unspecified atom stereocenters. The number of nitrogens with zero attached hydrogens (tertiary/aromatic N) is 1. The van der Waals surface area contributed by atoms with E-state index in [9.17, 15) is 14.4 Å². The Labute approximate surface area is 221 Å². The standard InChI is InChI=1S/C22H17Br2Cl2NO5S/c1-11(2)32-19(28)9-27-21(29)18(33-22(27)30)7-12-5-15(23)20(16(24)6-12)31-10-13-3-4-14(25)8-17(13)26/h3-8,11H,9-10H2,1-2H3/b18-7-. The number of carbonyl (C=O) groups is 3. The summed E-state index contributed by atoms with van der Waals surface area (Å²) in [5.74, 6) is -0.639. The van der Waals surface area contributed by atoms with E-state index in [0.29, 0.717) is 30.3 Å². The zero-order chi connectivity index (χ0) is 24.3. The minimum atomic E-state index is -0.638. The second kappa shape index (κ2) is 11.3. The van der Waals surface area contributed by atoms with Crippen molar-refractivity contribution in [3.05, 3.63) is 65.4 Å². The predicted molar refractivity (Wildman–Crippen MR) is 137 cm³/mol. The normalized spacial score (nSPS) is 15.0. The molecule has 3 rings (SSSR count). The number of halogens is 4. The van der Waals surface area contributed by atoms with E-state index in [0.717, 1.165) is 22.2 Å². The molecule has 6 nitrogen and oxygen atoms in total. The van der Waals surface area contributed by atoms with Gasteiger partial charge in [0.05, 0.1) is 20.0 Å². The Kier molecular flexibility index (Phi) is 8.91. The van der Waals surface area contributed by atoms with Gasteiger partial charge in [0, 0.05) is 15.6 Å². The molecule has 0 bridgehead atoms. The van der Waals surface area contributed by atoms with Gasteiger partial charge in [-0.25, -0.2) is 0 Å². The van der Waals surface area contributed by atoms with Crippen LogP contribution in [0.4, 0.5) is 4.79 Å². The lowest BCUT2D eigenvalue weighted by Gasteiger charge is -2.13. The summed E-state index contributed by atoms with van der Waals surface area (Å²) in [7, 11) is 0. The summed E-state index contributed by atoms with van der Waals surface area (Å²) >= 11 is 19.8. The van der Waals surface area contributed by atoms with E-state index in [1.165, 1.54) is 0 Å². The summed E-state index contributed by atoms with van der Waals surface area (Å²) < 4.78 is 12.2. The van der Waals surface area contributed by atoms with E-state index in [4.69, 9.17) is 32.7 Å².